The summed E-state index contributed by atoms with van der Waals surface area (Å²) in [5.41, 5.74) is 4.04. The molecule has 7 rings (SSSR count). The molecule has 1 aromatic carbocycles. The molecule has 0 radical (unpaired) electrons. The van der Waals surface area contributed by atoms with Crippen LogP contribution in [0.1, 0.15) is 73.7 Å². The number of nitrogens with zero attached hydrogens (tertiary/aromatic N) is 9. The van der Waals surface area contributed by atoms with Gasteiger partial charge in [-0.15, -0.1) is 0 Å². The van der Waals surface area contributed by atoms with Crippen LogP contribution in [0.5, 0.6) is 0 Å². The van der Waals surface area contributed by atoms with Gasteiger partial charge in [-0.1, -0.05) is 6.08 Å². The first-order chi connectivity index (χ1) is 31.9. The molecule has 1 aromatic heterocycles. The molecule has 0 aliphatic carbocycles. The van der Waals surface area contributed by atoms with Gasteiger partial charge in [0.2, 0.25) is 11.8 Å². The number of likely N-dealkylation sites (tertiary alicyclic amines) is 1. The topological polar surface area (TPSA) is 161 Å². The van der Waals surface area contributed by atoms with Crippen LogP contribution in [0.15, 0.2) is 53.3 Å². The second-order valence-corrected chi connectivity index (χ2v) is 18.3. The molecule has 1 unspecified atom stereocenters. The highest BCUT2D eigenvalue weighted by Crippen LogP contribution is 2.33. The summed E-state index contributed by atoms with van der Waals surface area (Å²) in [5, 5.41) is 14.3. The van der Waals surface area contributed by atoms with Gasteiger partial charge in [-0.25, -0.2) is 4.98 Å². The monoisotopic (exact) mass is 916 g/mol. The van der Waals surface area contributed by atoms with Crippen molar-refractivity contribution in [2.75, 3.05) is 107 Å². The highest BCUT2D eigenvalue weighted by atomic mass is 19.4. The van der Waals surface area contributed by atoms with E-state index in [0.717, 1.165) is 120 Å². The molecule has 3 amide bonds. The number of rotatable bonds is 17. The molecule has 5 aliphatic heterocycles. The highest BCUT2D eigenvalue weighted by Gasteiger charge is 2.37. The molecule has 2 aromatic rings. The number of halogens is 3. The van der Waals surface area contributed by atoms with E-state index in [1.54, 1.807) is 16.8 Å². The third-order valence-electron chi connectivity index (χ3n) is 14.0. The fourth-order valence-electron chi connectivity index (χ4n) is 10.2. The summed E-state index contributed by atoms with van der Waals surface area (Å²) in [5.74, 6) is 0.939. The number of carbonyl (C=O) groups is 4. The number of benzene rings is 1. The molecule has 0 bridgehead atoms. The van der Waals surface area contributed by atoms with E-state index in [2.05, 4.69) is 46.3 Å². The van der Waals surface area contributed by atoms with Gasteiger partial charge >= 0.3 is 6.18 Å². The van der Waals surface area contributed by atoms with Crippen LogP contribution in [0.4, 0.5) is 30.4 Å². The third-order valence-corrected chi connectivity index (χ3v) is 14.0. The van der Waals surface area contributed by atoms with Crippen LogP contribution < -0.4 is 20.4 Å². The minimum Gasteiger partial charge on any atom is -0.372 e. The van der Waals surface area contributed by atoms with E-state index >= 15 is 0 Å². The van der Waals surface area contributed by atoms with E-state index < -0.39 is 18.6 Å². The number of piperidine rings is 3. The predicted molar refractivity (Wildman–Crippen MR) is 247 cm³/mol. The molecule has 4 fully saturated rings. The number of carbonyl (C=O) groups excluding carboxylic acids is 4. The van der Waals surface area contributed by atoms with Crippen molar-refractivity contribution in [2.45, 2.75) is 76.6 Å². The first-order valence-electron chi connectivity index (χ1n) is 23.6. The lowest BCUT2D eigenvalue weighted by Crippen LogP contribution is -2.50. The average molecular weight is 916 g/mol. The number of piperazine rings is 1. The number of anilines is 3. The van der Waals surface area contributed by atoms with Gasteiger partial charge in [0, 0.05) is 122 Å². The molecular weight excluding hydrogens is 852 g/mol. The summed E-state index contributed by atoms with van der Waals surface area (Å²) < 4.78 is 38.7. The minimum atomic E-state index is -4.35. The zero-order valence-corrected chi connectivity index (χ0v) is 38.1. The lowest BCUT2D eigenvalue weighted by molar-refractivity contribution is -0.126. The number of aldehydes is 1. The largest absolute Gasteiger partial charge is 0.392 e. The Morgan fingerprint density at radius 2 is 1.52 bits per heavy atom. The van der Waals surface area contributed by atoms with Gasteiger partial charge in [-0.2, -0.15) is 18.4 Å². The Morgan fingerprint density at radius 3 is 2.08 bits per heavy atom. The number of allylic oxidation sites excluding steroid dienone is 2. The van der Waals surface area contributed by atoms with Gasteiger partial charge in [-0.05, 0) is 92.7 Å². The van der Waals surface area contributed by atoms with Crippen LogP contribution in [-0.2, 0) is 20.9 Å². The Hall–Kier alpha value is -5.54. The predicted octanol–water partition coefficient (Wildman–Crippen LogP) is 4.96. The summed E-state index contributed by atoms with van der Waals surface area (Å²) in [6.07, 6.45) is 5.54. The molecule has 0 spiro atoms. The molecule has 1 atom stereocenters. The number of alkyl halides is 3. The Bertz CT molecular complexity index is 2080. The number of likely N-dealkylation sites (N-methyl/N-ethyl adjacent to an activating group) is 1. The van der Waals surface area contributed by atoms with E-state index in [4.69, 9.17) is 5.26 Å². The molecule has 18 heteroatoms. The van der Waals surface area contributed by atoms with Crippen molar-refractivity contribution in [2.24, 2.45) is 22.7 Å². The van der Waals surface area contributed by atoms with Crippen molar-refractivity contribution in [1.29, 1.82) is 5.26 Å². The van der Waals surface area contributed by atoms with Crippen molar-refractivity contribution in [1.82, 2.24) is 29.9 Å². The maximum absolute atomic E-state index is 13.2. The molecular formula is C48H64F3N11O4. The van der Waals surface area contributed by atoms with Crippen LogP contribution in [0.25, 0.3) is 0 Å². The summed E-state index contributed by atoms with van der Waals surface area (Å²) in [6, 6.07) is 11.1. The van der Waals surface area contributed by atoms with Crippen LogP contribution in [0, 0.1) is 29.1 Å². The molecule has 2 N–H and O–H groups in total. The molecule has 5 aliphatic rings. The van der Waals surface area contributed by atoms with Crippen molar-refractivity contribution < 1.29 is 32.3 Å². The van der Waals surface area contributed by atoms with Gasteiger partial charge in [0.25, 0.3) is 5.91 Å². The van der Waals surface area contributed by atoms with Crippen LogP contribution in [0.3, 0.4) is 0 Å². The van der Waals surface area contributed by atoms with Crippen LogP contribution >= 0.6 is 0 Å². The number of hydrogen-bond donors (Lipinski definition) is 2. The number of hydrogen-bond acceptors (Lipinski definition) is 12. The van der Waals surface area contributed by atoms with Crippen molar-refractivity contribution >= 4 is 47.4 Å². The second-order valence-electron chi connectivity index (χ2n) is 18.3. The first kappa shape index (κ1) is 48.4. The Morgan fingerprint density at radius 1 is 0.894 bits per heavy atom. The number of pyridine rings is 1. The normalized spacial score (nSPS) is 20.4. The van der Waals surface area contributed by atoms with Crippen molar-refractivity contribution in [3.8, 4) is 6.07 Å². The van der Waals surface area contributed by atoms with E-state index in [1.807, 2.05) is 36.5 Å². The van der Waals surface area contributed by atoms with Gasteiger partial charge in [-0.3, -0.25) is 19.4 Å². The molecule has 356 valence electrons. The minimum absolute atomic E-state index is 0.138. The lowest BCUT2D eigenvalue weighted by Gasteiger charge is -2.41. The summed E-state index contributed by atoms with van der Waals surface area (Å²) in [4.78, 5) is 71.9. The number of nitriles is 1. The first-order valence-corrected chi connectivity index (χ1v) is 23.6. The van der Waals surface area contributed by atoms with Gasteiger partial charge in [0.05, 0.1) is 30.1 Å². The Labute approximate surface area is 386 Å². The van der Waals surface area contributed by atoms with E-state index in [0.29, 0.717) is 67.8 Å². The average Bonchev–Trinajstić information content (AvgIpc) is 3.65. The van der Waals surface area contributed by atoms with Gasteiger partial charge < -0.3 is 44.8 Å². The zero-order valence-electron chi connectivity index (χ0n) is 38.1. The smallest absolute Gasteiger partial charge is 0.372 e. The number of nitrogens with one attached hydrogen (secondary N) is 2. The fraction of sp³-hybridized carbons (Fsp3) is 0.604. The Balaban J connectivity index is 0.776. The van der Waals surface area contributed by atoms with Crippen molar-refractivity contribution in [3.05, 3.63) is 59.4 Å². The molecule has 6 heterocycles. The van der Waals surface area contributed by atoms with E-state index in [-0.39, 0.29) is 36.6 Å². The highest BCUT2D eigenvalue weighted by molar-refractivity contribution is 6.01. The SMILES string of the molecule is CNC(=O)C(CCC=O)N1Cc2cc(N3CCC(CN4CCN(CC5CCN(c6ccc(NC(=O)C7CCN(C(/C=N\CC#N)=C/CC(F)(F)F)CC7)nc6)CC5)CC4)CC3)ccc2C1=O. The fourth-order valence-corrected chi connectivity index (χ4v) is 10.2. The maximum Gasteiger partial charge on any atom is 0.392 e. The molecule has 66 heavy (non-hydrogen) atoms. The maximum atomic E-state index is 13.2. The molecule has 0 saturated carbocycles. The molecule has 15 nitrogen and oxygen atoms in total. The van der Waals surface area contributed by atoms with Gasteiger partial charge in [0.15, 0.2) is 0 Å². The quantitative estimate of drug-likeness (QED) is 0.126. The number of aromatic nitrogens is 1. The van der Waals surface area contributed by atoms with Crippen LogP contribution in [0.2, 0.25) is 0 Å². The lowest BCUT2D eigenvalue weighted by atomic mass is 9.94. The number of fused-ring (bicyclic) bond motifs is 1. The van der Waals surface area contributed by atoms with E-state index in [1.165, 1.54) is 6.21 Å². The summed E-state index contributed by atoms with van der Waals surface area (Å²) in [7, 11) is 1.55. The zero-order chi connectivity index (χ0) is 46.6. The van der Waals surface area contributed by atoms with Gasteiger partial charge in [0.1, 0.15) is 24.7 Å². The number of aliphatic imine (C=N–C) groups is 1. The molecule has 4 saturated heterocycles. The standard InChI is InChI=1S/C48H64F3N11O4/c1-53-46(65)43(3-2-28-63)62-34-38-29-39(4-6-42(38)47(62)66)59-18-9-35(10-19-59)32-57-24-26-58(27-25-57)33-36-11-20-60(21-12-36)40-5-7-44(55-31-40)56-45(64)37-13-22-61(23-14-37)41(30-54-17-16-52)8-15-48(49,50)51/h4-8,28-31,35-37,43H,2-3,9-15,17-27,32-34H2,1H3,(H,53,65)(H,55,56,64)/b41-8+,54-30-. The summed E-state index contributed by atoms with van der Waals surface area (Å²) in [6.45, 7) is 11.5. The van der Waals surface area contributed by atoms with Crippen molar-refractivity contribution in [3.63, 3.8) is 0 Å². The summed E-state index contributed by atoms with van der Waals surface area (Å²) >= 11 is 0. The number of amides is 3. The van der Waals surface area contributed by atoms with E-state index in [9.17, 15) is 32.3 Å². The third kappa shape index (κ3) is 12.9. The van der Waals surface area contributed by atoms with Crippen LogP contribution in [-0.4, -0.2) is 159 Å². The Kier molecular flexibility index (Phi) is 16.7. The second kappa shape index (κ2) is 22.8.